The van der Waals surface area contributed by atoms with Gasteiger partial charge in [-0.1, -0.05) is 30.3 Å². The molecule has 0 radical (unpaired) electrons. The zero-order valence-electron chi connectivity index (χ0n) is 10.4. The monoisotopic (exact) mass is 239 g/mol. The van der Waals surface area contributed by atoms with Gasteiger partial charge < -0.3 is 15.6 Å². The number of aliphatic carboxylic acids is 1. The zero-order valence-corrected chi connectivity index (χ0v) is 10.4. The second-order valence-electron chi connectivity index (χ2n) is 3.42. The number of nitrogens with two attached hydrogens (primary N) is 1. The molecule has 0 aromatic heterocycles. The normalized spacial score (nSPS) is 11.2. The third-order valence-corrected chi connectivity index (χ3v) is 2.02. The van der Waals surface area contributed by atoms with Gasteiger partial charge in [-0.3, -0.25) is 4.79 Å². The van der Waals surface area contributed by atoms with Crippen LogP contribution in [0.4, 0.5) is 0 Å². The van der Waals surface area contributed by atoms with Gasteiger partial charge in [0.25, 0.3) is 0 Å². The van der Waals surface area contributed by atoms with Gasteiger partial charge in [0.2, 0.25) is 0 Å². The SMILES string of the molecule is CCOCC.NC(Cc1ccccc1)C(=O)O. The summed E-state index contributed by atoms with van der Waals surface area (Å²) < 4.78 is 4.83. The average Bonchev–Trinajstić information content (AvgIpc) is 2.32. The van der Waals surface area contributed by atoms with Crippen LogP contribution in [0, 0.1) is 0 Å². The highest BCUT2D eigenvalue weighted by atomic mass is 16.5. The highest BCUT2D eigenvalue weighted by molar-refractivity contribution is 5.73. The lowest BCUT2D eigenvalue weighted by Crippen LogP contribution is -2.32. The molecule has 17 heavy (non-hydrogen) atoms. The first-order valence-corrected chi connectivity index (χ1v) is 5.71. The van der Waals surface area contributed by atoms with E-state index in [2.05, 4.69) is 0 Å². The largest absolute Gasteiger partial charge is 0.480 e. The Labute approximate surface area is 102 Å². The molecule has 4 nitrogen and oxygen atoms in total. The van der Waals surface area contributed by atoms with E-state index in [-0.39, 0.29) is 0 Å². The first-order chi connectivity index (χ1) is 8.11. The van der Waals surface area contributed by atoms with Gasteiger partial charge in [0.15, 0.2) is 0 Å². The number of hydrogen-bond acceptors (Lipinski definition) is 3. The molecule has 1 atom stereocenters. The molecule has 1 rings (SSSR count). The molecule has 3 N–H and O–H groups in total. The van der Waals surface area contributed by atoms with Crippen LogP contribution in [-0.4, -0.2) is 30.3 Å². The predicted octanol–water partition coefficient (Wildman–Crippen LogP) is 1.68. The van der Waals surface area contributed by atoms with Crippen molar-refractivity contribution in [3.05, 3.63) is 35.9 Å². The van der Waals surface area contributed by atoms with Crippen molar-refractivity contribution in [3.8, 4) is 0 Å². The van der Waals surface area contributed by atoms with Crippen LogP contribution in [0.15, 0.2) is 30.3 Å². The minimum atomic E-state index is -0.959. The van der Waals surface area contributed by atoms with Crippen LogP contribution in [-0.2, 0) is 16.0 Å². The molecule has 0 saturated heterocycles. The number of carbonyl (C=O) groups is 1. The molecule has 0 spiro atoms. The molecule has 1 aromatic rings. The van der Waals surface area contributed by atoms with E-state index in [1.807, 2.05) is 44.2 Å². The van der Waals surface area contributed by atoms with Crippen molar-refractivity contribution >= 4 is 5.97 Å². The van der Waals surface area contributed by atoms with Crippen LogP contribution in [0.25, 0.3) is 0 Å². The Balaban J connectivity index is 0.000000437. The minimum Gasteiger partial charge on any atom is -0.480 e. The lowest BCUT2D eigenvalue weighted by molar-refractivity contribution is -0.138. The van der Waals surface area contributed by atoms with E-state index in [9.17, 15) is 4.79 Å². The van der Waals surface area contributed by atoms with E-state index in [0.717, 1.165) is 18.8 Å². The van der Waals surface area contributed by atoms with Crippen LogP contribution >= 0.6 is 0 Å². The Morgan fingerprint density at radius 2 is 1.82 bits per heavy atom. The van der Waals surface area contributed by atoms with Gasteiger partial charge in [0.05, 0.1) is 0 Å². The maximum Gasteiger partial charge on any atom is 0.320 e. The fourth-order valence-corrected chi connectivity index (χ4v) is 1.16. The number of rotatable bonds is 5. The zero-order chi connectivity index (χ0) is 13.1. The van der Waals surface area contributed by atoms with E-state index in [1.54, 1.807) is 0 Å². The predicted molar refractivity (Wildman–Crippen MR) is 67.9 cm³/mol. The maximum absolute atomic E-state index is 10.4. The van der Waals surface area contributed by atoms with Crippen molar-refractivity contribution in [2.45, 2.75) is 26.3 Å². The van der Waals surface area contributed by atoms with Gasteiger partial charge in [-0.2, -0.15) is 0 Å². The number of ether oxygens (including phenoxy) is 1. The summed E-state index contributed by atoms with van der Waals surface area (Å²) in [5.74, 6) is -0.959. The van der Waals surface area contributed by atoms with Crippen molar-refractivity contribution in [3.63, 3.8) is 0 Å². The maximum atomic E-state index is 10.4. The van der Waals surface area contributed by atoms with E-state index in [4.69, 9.17) is 15.6 Å². The fraction of sp³-hybridized carbons (Fsp3) is 0.462. The summed E-state index contributed by atoms with van der Waals surface area (Å²) >= 11 is 0. The molecule has 0 fully saturated rings. The molecule has 0 saturated carbocycles. The van der Waals surface area contributed by atoms with Gasteiger partial charge in [0, 0.05) is 13.2 Å². The Hall–Kier alpha value is -1.39. The molecule has 0 bridgehead atoms. The lowest BCUT2D eigenvalue weighted by atomic mass is 10.1. The minimum absolute atomic E-state index is 0.385. The number of benzene rings is 1. The molecular formula is C13H21NO3. The molecule has 96 valence electrons. The summed E-state index contributed by atoms with van der Waals surface area (Å²) in [5, 5.41) is 8.52. The van der Waals surface area contributed by atoms with Gasteiger partial charge in [-0.15, -0.1) is 0 Å². The second kappa shape index (κ2) is 9.81. The van der Waals surface area contributed by atoms with Gasteiger partial charge >= 0.3 is 5.97 Å². The molecule has 0 heterocycles. The van der Waals surface area contributed by atoms with Gasteiger partial charge in [-0.05, 0) is 25.8 Å². The van der Waals surface area contributed by atoms with Crippen molar-refractivity contribution in [2.75, 3.05) is 13.2 Å². The number of hydrogen-bond donors (Lipinski definition) is 2. The Morgan fingerprint density at radius 3 is 2.18 bits per heavy atom. The second-order valence-corrected chi connectivity index (χ2v) is 3.42. The standard InChI is InChI=1S/C9H11NO2.C4H10O/c10-8(9(11)12)6-7-4-2-1-3-5-7;1-3-5-4-2/h1-5,8H,6,10H2,(H,11,12);3-4H2,1-2H3. The van der Waals surface area contributed by atoms with Crippen LogP contribution in [0.5, 0.6) is 0 Å². The quantitative estimate of drug-likeness (QED) is 0.820. The van der Waals surface area contributed by atoms with E-state index < -0.39 is 12.0 Å². The van der Waals surface area contributed by atoms with Crippen LogP contribution in [0.1, 0.15) is 19.4 Å². The fourth-order valence-electron chi connectivity index (χ4n) is 1.16. The average molecular weight is 239 g/mol. The van der Waals surface area contributed by atoms with Crippen LogP contribution < -0.4 is 5.73 Å². The number of carboxylic acids is 1. The van der Waals surface area contributed by atoms with E-state index in [1.165, 1.54) is 0 Å². The Kier molecular flexibility index (Phi) is 9.01. The van der Waals surface area contributed by atoms with Gasteiger partial charge in [-0.25, -0.2) is 0 Å². The number of carboxylic acid groups (broad SMARTS) is 1. The Bertz CT molecular complexity index is 299. The summed E-state index contributed by atoms with van der Waals surface area (Å²) in [4.78, 5) is 10.4. The molecule has 1 aromatic carbocycles. The van der Waals surface area contributed by atoms with Crippen molar-refractivity contribution in [2.24, 2.45) is 5.73 Å². The Morgan fingerprint density at radius 1 is 1.29 bits per heavy atom. The first kappa shape index (κ1) is 15.6. The van der Waals surface area contributed by atoms with E-state index in [0.29, 0.717) is 6.42 Å². The summed E-state index contributed by atoms with van der Waals surface area (Å²) in [6, 6.07) is 8.54. The third-order valence-electron chi connectivity index (χ3n) is 2.02. The summed E-state index contributed by atoms with van der Waals surface area (Å²) in [6.07, 6.45) is 0.385. The first-order valence-electron chi connectivity index (χ1n) is 5.71. The highest BCUT2D eigenvalue weighted by Crippen LogP contribution is 2.01. The van der Waals surface area contributed by atoms with Gasteiger partial charge in [0.1, 0.15) is 6.04 Å². The molecular weight excluding hydrogens is 218 g/mol. The smallest absolute Gasteiger partial charge is 0.320 e. The van der Waals surface area contributed by atoms with E-state index >= 15 is 0 Å². The summed E-state index contributed by atoms with van der Waals surface area (Å²) in [7, 11) is 0. The molecule has 0 aliphatic heterocycles. The topological polar surface area (TPSA) is 72.5 Å². The molecule has 1 unspecified atom stereocenters. The molecule has 4 heteroatoms. The van der Waals surface area contributed by atoms with Crippen molar-refractivity contribution in [1.29, 1.82) is 0 Å². The van der Waals surface area contributed by atoms with Crippen molar-refractivity contribution in [1.82, 2.24) is 0 Å². The molecule has 0 amide bonds. The third kappa shape index (κ3) is 8.42. The highest BCUT2D eigenvalue weighted by Gasteiger charge is 2.10. The van der Waals surface area contributed by atoms with Crippen LogP contribution in [0.2, 0.25) is 0 Å². The lowest BCUT2D eigenvalue weighted by Gasteiger charge is -2.04. The molecule has 0 aliphatic carbocycles. The summed E-state index contributed by atoms with van der Waals surface area (Å²) in [6.45, 7) is 5.67. The molecule has 0 aliphatic rings. The van der Waals surface area contributed by atoms with Crippen LogP contribution in [0.3, 0.4) is 0 Å². The van der Waals surface area contributed by atoms with Crippen molar-refractivity contribution < 1.29 is 14.6 Å². The summed E-state index contributed by atoms with van der Waals surface area (Å²) in [5.41, 5.74) is 6.30.